The van der Waals surface area contributed by atoms with Crippen molar-refractivity contribution >= 4 is 16.5 Å². The molecule has 0 bridgehead atoms. The maximum Gasteiger partial charge on any atom is 0.417 e. The SMILES string of the molecule is O=c1[nH]c(-c2ccccc2C(F)(F)F)cc2ccc(NCC(O)CO)cc12. The molecule has 0 radical (unpaired) electrons. The standard InChI is InChI=1S/C19H17F3N2O3/c20-19(21,22)16-4-2-1-3-14(16)17-7-11-5-6-12(23-9-13(26)10-25)8-15(11)18(27)24-17/h1-8,13,23,25-26H,9-10H2,(H,24,27). The van der Waals surface area contributed by atoms with Gasteiger partial charge in [-0.05, 0) is 29.7 Å². The number of aliphatic hydroxyl groups excluding tert-OH is 2. The van der Waals surface area contributed by atoms with Gasteiger partial charge in [-0.2, -0.15) is 13.2 Å². The van der Waals surface area contributed by atoms with Gasteiger partial charge in [0.15, 0.2) is 0 Å². The van der Waals surface area contributed by atoms with E-state index >= 15 is 0 Å². The van der Waals surface area contributed by atoms with Gasteiger partial charge in [0, 0.05) is 28.9 Å². The molecule has 0 aliphatic heterocycles. The van der Waals surface area contributed by atoms with Gasteiger partial charge in [0.25, 0.3) is 5.56 Å². The summed E-state index contributed by atoms with van der Waals surface area (Å²) in [4.78, 5) is 14.9. The Hall–Kier alpha value is -2.84. The summed E-state index contributed by atoms with van der Waals surface area (Å²) in [5, 5.41) is 21.9. The van der Waals surface area contributed by atoms with Crippen molar-refractivity contribution < 1.29 is 23.4 Å². The minimum atomic E-state index is -4.54. The van der Waals surface area contributed by atoms with E-state index in [0.29, 0.717) is 16.5 Å². The number of rotatable bonds is 5. The molecule has 27 heavy (non-hydrogen) atoms. The molecule has 0 aliphatic carbocycles. The summed E-state index contributed by atoms with van der Waals surface area (Å²) in [7, 11) is 0. The lowest BCUT2D eigenvalue weighted by Crippen LogP contribution is -2.23. The molecule has 0 fully saturated rings. The highest BCUT2D eigenvalue weighted by atomic mass is 19.4. The highest BCUT2D eigenvalue weighted by molar-refractivity contribution is 5.88. The number of hydrogen-bond acceptors (Lipinski definition) is 4. The van der Waals surface area contributed by atoms with Crippen molar-refractivity contribution in [1.82, 2.24) is 4.98 Å². The fourth-order valence-electron chi connectivity index (χ4n) is 2.78. The smallest absolute Gasteiger partial charge is 0.394 e. The molecule has 0 saturated carbocycles. The Morgan fingerprint density at radius 2 is 1.85 bits per heavy atom. The summed E-state index contributed by atoms with van der Waals surface area (Å²) in [6, 6.07) is 11.3. The van der Waals surface area contributed by atoms with Crippen LogP contribution in [0.4, 0.5) is 18.9 Å². The van der Waals surface area contributed by atoms with Crippen LogP contribution < -0.4 is 10.9 Å². The van der Waals surface area contributed by atoms with Crippen LogP contribution in [0.5, 0.6) is 0 Å². The molecule has 4 N–H and O–H groups in total. The van der Waals surface area contributed by atoms with Crippen LogP contribution in [0.1, 0.15) is 5.56 Å². The zero-order chi connectivity index (χ0) is 19.6. The molecule has 0 saturated heterocycles. The molecule has 3 aromatic rings. The van der Waals surface area contributed by atoms with Crippen molar-refractivity contribution in [1.29, 1.82) is 0 Å². The van der Waals surface area contributed by atoms with E-state index in [0.717, 1.165) is 6.07 Å². The molecule has 1 heterocycles. The average molecular weight is 378 g/mol. The lowest BCUT2D eigenvalue weighted by Gasteiger charge is -2.14. The van der Waals surface area contributed by atoms with Crippen LogP contribution in [0.15, 0.2) is 53.3 Å². The number of halogens is 3. The number of benzene rings is 2. The molecule has 2 aromatic carbocycles. The highest BCUT2D eigenvalue weighted by Gasteiger charge is 2.33. The molecular weight excluding hydrogens is 361 g/mol. The Labute approximate surface area is 152 Å². The van der Waals surface area contributed by atoms with Crippen LogP contribution in [0.2, 0.25) is 0 Å². The Balaban J connectivity index is 2.03. The molecule has 142 valence electrons. The van der Waals surface area contributed by atoms with Crippen molar-refractivity contribution in [2.75, 3.05) is 18.5 Å². The predicted molar refractivity (Wildman–Crippen MR) is 96.6 cm³/mol. The van der Waals surface area contributed by atoms with E-state index in [1.165, 1.54) is 30.3 Å². The van der Waals surface area contributed by atoms with Crippen LogP contribution in [0.25, 0.3) is 22.0 Å². The highest BCUT2D eigenvalue weighted by Crippen LogP contribution is 2.36. The van der Waals surface area contributed by atoms with E-state index in [1.54, 1.807) is 12.1 Å². The third kappa shape index (κ3) is 4.12. The number of aromatic nitrogens is 1. The number of alkyl halides is 3. The molecule has 0 aliphatic rings. The van der Waals surface area contributed by atoms with Crippen molar-refractivity contribution in [3.63, 3.8) is 0 Å². The van der Waals surface area contributed by atoms with Gasteiger partial charge in [-0.25, -0.2) is 0 Å². The van der Waals surface area contributed by atoms with Gasteiger partial charge in [-0.3, -0.25) is 4.79 Å². The monoisotopic (exact) mass is 378 g/mol. The molecule has 0 amide bonds. The first-order chi connectivity index (χ1) is 12.8. The second-order valence-electron chi connectivity index (χ2n) is 6.07. The van der Waals surface area contributed by atoms with Crippen molar-refractivity contribution in [3.05, 3.63) is 64.4 Å². The maximum atomic E-state index is 13.2. The quantitative estimate of drug-likeness (QED) is 0.550. The van der Waals surface area contributed by atoms with Gasteiger partial charge in [-0.1, -0.05) is 24.3 Å². The fourth-order valence-corrected chi connectivity index (χ4v) is 2.78. The van der Waals surface area contributed by atoms with Crippen LogP contribution in [0, 0.1) is 0 Å². The number of aromatic amines is 1. The summed E-state index contributed by atoms with van der Waals surface area (Å²) < 4.78 is 39.7. The number of aliphatic hydroxyl groups is 2. The maximum absolute atomic E-state index is 13.2. The second kappa shape index (κ2) is 7.42. The number of hydrogen-bond donors (Lipinski definition) is 4. The van der Waals surface area contributed by atoms with Gasteiger partial charge in [0.2, 0.25) is 0 Å². The zero-order valence-electron chi connectivity index (χ0n) is 14.0. The Morgan fingerprint density at radius 3 is 2.56 bits per heavy atom. The number of anilines is 1. The minimum absolute atomic E-state index is 0.0804. The van der Waals surface area contributed by atoms with E-state index in [4.69, 9.17) is 5.11 Å². The summed E-state index contributed by atoms with van der Waals surface area (Å²) in [5.41, 5.74) is -0.819. The molecule has 0 spiro atoms. The number of pyridine rings is 1. The zero-order valence-corrected chi connectivity index (χ0v) is 14.0. The molecule has 3 rings (SSSR count). The summed E-state index contributed by atoms with van der Waals surface area (Å²) in [6.07, 6.45) is -5.48. The molecule has 1 atom stereocenters. The van der Waals surface area contributed by atoms with Crippen molar-refractivity contribution in [3.8, 4) is 11.3 Å². The lowest BCUT2D eigenvalue weighted by molar-refractivity contribution is -0.137. The topological polar surface area (TPSA) is 85.4 Å². The van der Waals surface area contributed by atoms with E-state index < -0.39 is 30.0 Å². The Bertz CT molecular complexity index is 1010. The van der Waals surface area contributed by atoms with Crippen molar-refractivity contribution in [2.45, 2.75) is 12.3 Å². The molecule has 8 heteroatoms. The van der Waals surface area contributed by atoms with E-state index in [1.807, 2.05) is 0 Å². The third-order valence-electron chi connectivity index (χ3n) is 4.12. The lowest BCUT2D eigenvalue weighted by atomic mass is 10.0. The fraction of sp³-hybridized carbons (Fsp3) is 0.211. The molecule has 5 nitrogen and oxygen atoms in total. The molecule has 1 aromatic heterocycles. The van der Waals surface area contributed by atoms with Gasteiger partial charge in [0.05, 0.1) is 18.3 Å². The molecular formula is C19H17F3N2O3. The average Bonchev–Trinajstić information content (AvgIpc) is 2.65. The van der Waals surface area contributed by atoms with Gasteiger partial charge < -0.3 is 20.5 Å². The molecule has 1 unspecified atom stereocenters. The largest absolute Gasteiger partial charge is 0.417 e. The minimum Gasteiger partial charge on any atom is -0.394 e. The third-order valence-corrected chi connectivity index (χ3v) is 4.12. The van der Waals surface area contributed by atoms with Gasteiger partial charge in [-0.15, -0.1) is 0 Å². The summed E-state index contributed by atoms with van der Waals surface area (Å²) in [6.45, 7) is -0.305. The first-order valence-electron chi connectivity index (χ1n) is 8.16. The van der Waals surface area contributed by atoms with Crippen LogP contribution >= 0.6 is 0 Å². The summed E-state index contributed by atoms with van der Waals surface area (Å²) in [5.74, 6) is 0. The van der Waals surface area contributed by atoms with Crippen LogP contribution in [0.3, 0.4) is 0 Å². The van der Waals surface area contributed by atoms with Crippen LogP contribution in [-0.4, -0.2) is 34.5 Å². The van der Waals surface area contributed by atoms with E-state index in [9.17, 15) is 23.1 Å². The van der Waals surface area contributed by atoms with E-state index in [-0.39, 0.29) is 17.8 Å². The Kier molecular flexibility index (Phi) is 5.20. The van der Waals surface area contributed by atoms with Crippen LogP contribution in [-0.2, 0) is 6.18 Å². The first-order valence-corrected chi connectivity index (χ1v) is 8.16. The van der Waals surface area contributed by atoms with Crippen molar-refractivity contribution in [2.24, 2.45) is 0 Å². The first kappa shape index (κ1) is 18.9. The number of nitrogens with one attached hydrogen (secondary N) is 2. The van der Waals surface area contributed by atoms with Gasteiger partial charge >= 0.3 is 6.18 Å². The summed E-state index contributed by atoms with van der Waals surface area (Å²) >= 11 is 0. The number of fused-ring (bicyclic) bond motifs is 1. The van der Waals surface area contributed by atoms with E-state index in [2.05, 4.69) is 10.3 Å². The second-order valence-corrected chi connectivity index (χ2v) is 6.07. The Morgan fingerprint density at radius 1 is 1.11 bits per heavy atom. The number of H-pyrrole nitrogens is 1. The normalized spacial score (nSPS) is 12.9. The predicted octanol–water partition coefficient (Wildman–Crippen LogP) is 2.98. The van der Waals surface area contributed by atoms with Gasteiger partial charge in [0.1, 0.15) is 0 Å².